The van der Waals surface area contributed by atoms with Gasteiger partial charge in [-0.15, -0.1) is 0 Å². The molecule has 1 N–H and O–H groups in total. The lowest BCUT2D eigenvalue weighted by Gasteiger charge is -2.25. The summed E-state index contributed by atoms with van der Waals surface area (Å²) >= 11 is 0. The molecule has 0 spiro atoms. The van der Waals surface area contributed by atoms with Crippen molar-refractivity contribution >= 4 is 11.8 Å². The largest absolute Gasteiger partial charge is 0.443 e. The van der Waals surface area contributed by atoms with E-state index >= 15 is 0 Å². The van der Waals surface area contributed by atoms with E-state index in [1.54, 1.807) is 42.9 Å². The van der Waals surface area contributed by atoms with Gasteiger partial charge in [0.1, 0.15) is 23.0 Å². The molecule has 0 aliphatic rings. The summed E-state index contributed by atoms with van der Waals surface area (Å²) in [6.45, 7) is 9.31. The Kier molecular flexibility index (Phi) is 5.56. The van der Waals surface area contributed by atoms with Gasteiger partial charge in [0.05, 0.1) is 6.54 Å². The van der Waals surface area contributed by atoms with Crippen molar-refractivity contribution in [2.75, 3.05) is 13.1 Å². The van der Waals surface area contributed by atoms with Crippen LogP contribution in [0.4, 0.5) is 0 Å². The number of rotatable bonds is 5. The molecule has 138 valence electrons. The molecule has 26 heavy (non-hydrogen) atoms. The van der Waals surface area contributed by atoms with Crippen LogP contribution in [0.15, 0.2) is 28.9 Å². The molecule has 0 aromatic carbocycles. The third-order valence-electron chi connectivity index (χ3n) is 3.75. The smallest absolute Gasteiger partial charge is 0.259 e. The highest BCUT2D eigenvalue weighted by Crippen LogP contribution is 2.26. The lowest BCUT2D eigenvalue weighted by molar-refractivity contribution is -0.123. The third kappa shape index (κ3) is 4.14. The predicted molar refractivity (Wildman–Crippen MR) is 97.0 cm³/mol. The minimum atomic E-state index is -0.396. The van der Waals surface area contributed by atoms with Gasteiger partial charge in [0, 0.05) is 24.5 Å². The molecule has 0 fully saturated rings. The Morgan fingerprint density at radius 1 is 1.31 bits per heavy atom. The molecule has 2 aromatic rings. The quantitative estimate of drug-likeness (QED) is 0.891. The van der Waals surface area contributed by atoms with Crippen molar-refractivity contribution in [3.8, 4) is 12.0 Å². The molecule has 0 unspecified atom stereocenters. The zero-order valence-electron chi connectivity index (χ0n) is 15.8. The highest BCUT2D eigenvalue weighted by molar-refractivity contribution is 6.00. The van der Waals surface area contributed by atoms with Gasteiger partial charge in [-0.25, -0.2) is 0 Å². The molecule has 2 aromatic heterocycles. The molecule has 0 atom stereocenters. The molecular formula is C19H24N4O3. The fourth-order valence-corrected chi connectivity index (χ4v) is 2.66. The number of carbonyl (C=O) groups excluding carboxylic acids is 2. The van der Waals surface area contributed by atoms with Gasteiger partial charge >= 0.3 is 0 Å². The SMILES string of the molecule is CCN(CC(=O)NC(C)(C)C)C(=O)c1c(C)oc(-n2cccc2)c1C#N. The van der Waals surface area contributed by atoms with Crippen LogP contribution in [0.1, 0.15) is 49.4 Å². The van der Waals surface area contributed by atoms with Crippen molar-refractivity contribution in [3.05, 3.63) is 41.4 Å². The van der Waals surface area contributed by atoms with Crippen molar-refractivity contribution in [3.63, 3.8) is 0 Å². The summed E-state index contributed by atoms with van der Waals surface area (Å²) in [5.74, 6) is 0.00392. The van der Waals surface area contributed by atoms with Crippen molar-refractivity contribution in [2.45, 2.75) is 40.2 Å². The molecule has 2 rings (SSSR count). The molecule has 2 amide bonds. The van der Waals surface area contributed by atoms with E-state index < -0.39 is 5.91 Å². The van der Waals surface area contributed by atoms with E-state index in [-0.39, 0.29) is 29.1 Å². The van der Waals surface area contributed by atoms with Crippen LogP contribution in [-0.2, 0) is 4.79 Å². The fraction of sp³-hybridized carbons (Fsp3) is 0.421. The normalized spacial score (nSPS) is 11.1. The maximum atomic E-state index is 13.0. The first-order chi connectivity index (χ1) is 12.2. The van der Waals surface area contributed by atoms with Crippen LogP contribution in [0.2, 0.25) is 0 Å². The zero-order valence-corrected chi connectivity index (χ0v) is 15.8. The van der Waals surface area contributed by atoms with Gasteiger partial charge in [0.2, 0.25) is 11.8 Å². The van der Waals surface area contributed by atoms with E-state index in [9.17, 15) is 14.9 Å². The zero-order chi connectivity index (χ0) is 19.5. The van der Waals surface area contributed by atoms with Gasteiger partial charge in [-0.05, 0) is 46.8 Å². The average Bonchev–Trinajstić information content (AvgIpc) is 3.17. The summed E-state index contributed by atoms with van der Waals surface area (Å²) in [7, 11) is 0. The Balaban J connectivity index is 2.33. The Bertz CT molecular complexity index is 835. The molecule has 2 heterocycles. The van der Waals surface area contributed by atoms with Crippen LogP contribution in [0.3, 0.4) is 0 Å². The first-order valence-corrected chi connectivity index (χ1v) is 8.45. The van der Waals surface area contributed by atoms with Crippen LogP contribution in [0, 0.1) is 18.3 Å². The summed E-state index contributed by atoms with van der Waals surface area (Å²) in [5.41, 5.74) is -0.0233. The highest BCUT2D eigenvalue weighted by atomic mass is 16.4. The number of furan rings is 1. The number of nitriles is 1. The lowest BCUT2D eigenvalue weighted by atomic mass is 10.1. The predicted octanol–water partition coefficient (Wildman–Crippen LogP) is 2.63. The van der Waals surface area contributed by atoms with Crippen LogP contribution in [-0.4, -0.2) is 39.9 Å². The molecule has 7 heteroatoms. The molecule has 0 saturated heterocycles. The van der Waals surface area contributed by atoms with Gasteiger partial charge in [0.25, 0.3) is 5.91 Å². The standard InChI is InChI=1S/C19H24N4O3/c1-6-22(12-15(24)21-19(3,4)5)17(25)16-13(2)26-18(14(16)11-20)23-9-7-8-10-23/h7-10H,6,12H2,1-5H3,(H,21,24). The van der Waals surface area contributed by atoms with Crippen molar-refractivity contribution in [2.24, 2.45) is 0 Å². The first kappa shape index (κ1) is 19.3. The molecule has 0 radical (unpaired) electrons. The number of aryl methyl sites for hydroxylation is 1. The third-order valence-corrected chi connectivity index (χ3v) is 3.75. The molecule has 0 bridgehead atoms. The van der Waals surface area contributed by atoms with Crippen LogP contribution in [0.25, 0.3) is 5.88 Å². The van der Waals surface area contributed by atoms with Crippen LogP contribution >= 0.6 is 0 Å². The van der Waals surface area contributed by atoms with E-state index in [4.69, 9.17) is 4.42 Å². The maximum absolute atomic E-state index is 13.0. The van der Waals surface area contributed by atoms with Gasteiger partial charge in [0.15, 0.2) is 0 Å². The Labute approximate surface area is 153 Å². The van der Waals surface area contributed by atoms with Crippen LogP contribution in [0.5, 0.6) is 0 Å². The van der Waals surface area contributed by atoms with Crippen molar-refractivity contribution < 1.29 is 14.0 Å². The number of hydrogen-bond acceptors (Lipinski definition) is 4. The van der Waals surface area contributed by atoms with Crippen molar-refractivity contribution in [1.29, 1.82) is 5.26 Å². The second kappa shape index (κ2) is 7.48. The lowest BCUT2D eigenvalue weighted by Crippen LogP contribution is -2.47. The number of amides is 2. The molecule has 0 aliphatic carbocycles. The number of hydrogen-bond donors (Lipinski definition) is 1. The molecule has 0 aliphatic heterocycles. The number of carbonyl (C=O) groups is 2. The Morgan fingerprint density at radius 2 is 1.92 bits per heavy atom. The fourth-order valence-electron chi connectivity index (χ4n) is 2.66. The van der Waals surface area contributed by atoms with Gasteiger partial charge in [-0.2, -0.15) is 5.26 Å². The number of nitrogens with one attached hydrogen (secondary N) is 1. The highest BCUT2D eigenvalue weighted by Gasteiger charge is 2.29. The van der Waals surface area contributed by atoms with E-state index in [0.717, 1.165) is 0 Å². The Hall–Kier alpha value is -3.01. The minimum absolute atomic E-state index is 0.0824. The molecule has 0 saturated carbocycles. The van der Waals surface area contributed by atoms with Gasteiger partial charge < -0.3 is 14.6 Å². The summed E-state index contributed by atoms with van der Waals surface area (Å²) < 4.78 is 7.32. The summed E-state index contributed by atoms with van der Waals surface area (Å²) in [6.07, 6.45) is 3.48. The molecule has 7 nitrogen and oxygen atoms in total. The monoisotopic (exact) mass is 356 g/mol. The topological polar surface area (TPSA) is 91.3 Å². The Morgan fingerprint density at radius 3 is 2.42 bits per heavy atom. The van der Waals surface area contributed by atoms with E-state index in [1.807, 2.05) is 20.8 Å². The van der Waals surface area contributed by atoms with Crippen LogP contribution < -0.4 is 5.32 Å². The van der Waals surface area contributed by atoms with Gasteiger partial charge in [-0.3, -0.25) is 14.2 Å². The average molecular weight is 356 g/mol. The maximum Gasteiger partial charge on any atom is 0.259 e. The number of aromatic nitrogens is 1. The van der Waals surface area contributed by atoms with E-state index in [1.165, 1.54) is 4.90 Å². The number of nitrogens with zero attached hydrogens (tertiary/aromatic N) is 3. The number of likely N-dealkylation sites (N-methyl/N-ethyl adjacent to an activating group) is 1. The summed E-state index contributed by atoms with van der Waals surface area (Å²) in [4.78, 5) is 26.6. The van der Waals surface area contributed by atoms with Crippen molar-refractivity contribution in [1.82, 2.24) is 14.8 Å². The van der Waals surface area contributed by atoms with Gasteiger partial charge in [-0.1, -0.05) is 0 Å². The first-order valence-electron chi connectivity index (χ1n) is 8.45. The van der Waals surface area contributed by atoms with E-state index in [0.29, 0.717) is 18.2 Å². The molecular weight excluding hydrogens is 332 g/mol. The summed E-state index contributed by atoms with van der Waals surface area (Å²) in [6, 6.07) is 5.66. The van der Waals surface area contributed by atoms with E-state index in [2.05, 4.69) is 11.4 Å². The second-order valence-corrected chi connectivity index (χ2v) is 7.03. The second-order valence-electron chi connectivity index (χ2n) is 7.03. The minimum Gasteiger partial charge on any atom is -0.443 e. The summed E-state index contributed by atoms with van der Waals surface area (Å²) in [5, 5.41) is 12.4.